The quantitative estimate of drug-likeness (QED) is 0.688. The van der Waals surface area contributed by atoms with E-state index in [9.17, 15) is 19.2 Å². The van der Waals surface area contributed by atoms with Crippen molar-refractivity contribution in [2.24, 2.45) is 5.92 Å². The molecule has 7 nitrogen and oxygen atoms in total. The van der Waals surface area contributed by atoms with Crippen LogP contribution in [-0.2, 0) is 25.7 Å². The number of hydrogen-bond donors (Lipinski definition) is 1. The standard InChI is InChI=1S/C20H27N3O4/c1-14(2)20(27)22(3)12-11-21-19(26)18(25)16-9-10-17(24)23(16)13-15-7-5-4-6-8-15/h4-8,14,16H,9-13H2,1-3H3,(H,21,26)/t16-/m1/s1. The highest BCUT2D eigenvalue weighted by Crippen LogP contribution is 2.22. The number of carbonyl (C=O) groups is 4. The molecule has 1 aromatic rings. The zero-order chi connectivity index (χ0) is 20.0. The molecule has 27 heavy (non-hydrogen) atoms. The lowest BCUT2D eigenvalue weighted by molar-refractivity contribution is -0.143. The Hall–Kier alpha value is -2.70. The van der Waals surface area contributed by atoms with Crippen LogP contribution in [-0.4, -0.2) is 59.5 Å². The average Bonchev–Trinajstić information content (AvgIpc) is 3.01. The van der Waals surface area contributed by atoms with Crippen LogP contribution < -0.4 is 5.32 Å². The Kier molecular flexibility index (Phi) is 7.10. The number of Topliss-reactive ketones (excluding diaryl/α,β-unsaturated/α-hetero) is 1. The summed E-state index contributed by atoms with van der Waals surface area (Å²) in [5.74, 6) is -1.57. The largest absolute Gasteiger partial charge is 0.348 e. The summed E-state index contributed by atoms with van der Waals surface area (Å²) in [5.41, 5.74) is 0.916. The van der Waals surface area contributed by atoms with Gasteiger partial charge in [-0.1, -0.05) is 44.2 Å². The molecule has 1 aromatic carbocycles. The fraction of sp³-hybridized carbons (Fsp3) is 0.500. The van der Waals surface area contributed by atoms with Crippen LogP contribution in [0.15, 0.2) is 30.3 Å². The SMILES string of the molecule is CC(C)C(=O)N(C)CCNC(=O)C(=O)[C@H]1CCC(=O)N1Cc1ccccc1. The Morgan fingerprint density at radius 1 is 1.22 bits per heavy atom. The molecule has 0 radical (unpaired) electrons. The van der Waals surface area contributed by atoms with E-state index >= 15 is 0 Å². The maximum Gasteiger partial charge on any atom is 0.289 e. The van der Waals surface area contributed by atoms with Gasteiger partial charge in [-0.15, -0.1) is 0 Å². The monoisotopic (exact) mass is 373 g/mol. The smallest absolute Gasteiger partial charge is 0.289 e. The molecule has 1 atom stereocenters. The van der Waals surface area contributed by atoms with Crippen molar-refractivity contribution in [1.82, 2.24) is 15.1 Å². The Morgan fingerprint density at radius 3 is 2.52 bits per heavy atom. The van der Waals surface area contributed by atoms with Crippen LogP contribution in [0, 0.1) is 5.92 Å². The van der Waals surface area contributed by atoms with E-state index in [0.717, 1.165) is 5.56 Å². The third-order valence-corrected chi connectivity index (χ3v) is 4.65. The number of benzene rings is 1. The van der Waals surface area contributed by atoms with Crippen molar-refractivity contribution in [2.75, 3.05) is 20.1 Å². The van der Waals surface area contributed by atoms with Crippen molar-refractivity contribution >= 4 is 23.5 Å². The molecule has 1 heterocycles. The molecule has 2 rings (SSSR count). The predicted molar refractivity (Wildman–Crippen MR) is 101 cm³/mol. The third-order valence-electron chi connectivity index (χ3n) is 4.65. The van der Waals surface area contributed by atoms with E-state index in [0.29, 0.717) is 19.5 Å². The molecule has 1 aliphatic heterocycles. The fourth-order valence-corrected chi connectivity index (χ4v) is 3.11. The van der Waals surface area contributed by atoms with Gasteiger partial charge in [0.1, 0.15) is 6.04 Å². The summed E-state index contributed by atoms with van der Waals surface area (Å²) in [6, 6.07) is 8.66. The number of hydrogen-bond acceptors (Lipinski definition) is 4. The maximum atomic E-state index is 12.5. The van der Waals surface area contributed by atoms with Gasteiger partial charge in [-0.3, -0.25) is 19.2 Å². The number of amides is 3. The molecule has 3 amide bonds. The number of nitrogens with zero attached hydrogens (tertiary/aromatic N) is 2. The van der Waals surface area contributed by atoms with Crippen LogP contribution in [0.4, 0.5) is 0 Å². The summed E-state index contributed by atoms with van der Waals surface area (Å²) in [6.07, 6.45) is 0.617. The molecule has 0 spiro atoms. The van der Waals surface area contributed by atoms with E-state index in [-0.39, 0.29) is 30.7 Å². The minimum absolute atomic E-state index is 0.0222. The first-order chi connectivity index (χ1) is 12.8. The second kappa shape index (κ2) is 9.30. The highest BCUT2D eigenvalue weighted by atomic mass is 16.2. The average molecular weight is 373 g/mol. The summed E-state index contributed by atoms with van der Waals surface area (Å²) in [7, 11) is 1.66. The second-order valence-corrected chi connectivity index (χ2v) is 7.10. The Bertz CT molecular complexity index is 702. The maximum absolute atomic E-state index is 12.5. The number of rotatable bonds is 8. The topological polar surface area (TPSA) is 86.8 Å². The van der Waals surface area contributed by atoms with Crippen LogP contribution >= 0.6 is 0 Å². The molecule has 0 saturated carbocycles. The van der Waals surface area contributed by atoms with Crippen LogP contribution in [0.1, 0.15) is 32.3 Å². The normalized spacial score (nSPS) is 16.5. The zero-order valence-electron chi connectivity index (χ0n) is 16.1. The summed E-state index contributed by atoms with van der Waals surface area (Å²) in [6.45, 7) is 4.44. The summed E-state index contributed by atoms with van der Waals surface area (Å²) < 4.78 is 0. The molecule has 0 aliphatic carbocycles. The number of ketones is 1. The van der Waals surface area contributed by atoms with Crippen molar-refractivity contribution in [2.45, 2.75) is 39.3 Å². The minimum atomic E-state index is -0.729. The van der Waals surface area contributed by atoms with Crippen molar-refractivity contribution in [3.05, 3.63) is 35.9 Å². The lowest BCUT2D eigenvalue weighted by Gasteiger charge is -2.24. The van der Waals surface area contributed by atoms with E-state index in [1.165, 1.54) is 9.80 Å². The molecule has 1 aliphatic rings. The molecule has 0 unspecified atom stereocenters. The molecule has 1 saturated heterocycles. The molecular formula is C20H27N3O4. The Labute approximate surface area is 159 Å². The van der Waals surface area contributed by atoms with E-state index in [4.69, 9.17) is 0 Å². The van der Waals surface area contributed by atoms with Crippen LogP contribution in [0.25, 0.3) is 0 Å². The lowest BCUT2D eigenvalue weighted by Crippen LogP contribution is -2.47. The second-order valence-electron chi connectivity index (χ2n) is 7.10. The summed E-state index contributed by atoms with van der Waals surface area (Å²) in [5, 5.41) is 2.56. The summed E-state index contributed by atoms with van der Waals surface area (Å²) in [4.78, 5) is 51.7. The first-order valence-corrected chi connectivity index (χ1v) is 9.21. The highest BCUT2D eigenvalue weighted by molar-refractivity contribution is 6.38. The van der Waals surface area contributed by atoms with Crippen molar-refractivity contribution in [3.63, 3.8) is 0 Å². The van der Waals surface area contributed by atoms with Crippen molar-refractivity contribution in [3.8, 4) is 0 Å². The molecule has 0 aromatic heterocycles. The highest BCUT2D eigenvalue weighted by Gasteiger charge is 2.38. The van der Waals surface area contributed by atoms with Gasteiger partial charge in [-0.2, -0.15) is 0 Å². The van der Waals surface area contributed by atoms with E-state index < -0.39 is 17.7 Å². The number of likely N-dealkylation sites (N-methyl/N-ethyl adjacent to an activating group) is 1. The Morgan fingerprint density at radius 2 is 1.89 bits per heavy atom. The first kappa shape index (κ1) is 20.6. The first-order valence-electron chi connectivity index (χ1n) is 9.21. The van der Waals surface area contributed by atoms with E-state index in [1.807, 2.05) is 30.3 Å². The van der Waals surface area contributed by atoms with Gasteiger partial charge in [0.15, 0.2) is 0 Å². The van der Waals surface area contributed by atoms with Crippen molar-refractivity contribution in [1.29, 1.82) is 0 Å². The summed E-state index contributed by atoms with van der Waals surface area (Å²) >= 11 is 0. The Balaban J connectivity index is 1.90. The van der Waals surface area contributed by atoms with Gasteiger partial charge < -0.3 is 15.1 Å². The molecule has 1 N–H and O–H groups in total. The molecule has 146 valence electrons. The van der Waals surface area contributed by atoms with Crippen LogP contribution in [0.5, 0.6) is 0 Å². The number of nitrogens with one attached hydrogen (secondary N) is 1. The van der Waals surface area contributed by atoms with Crippen LogP contribution in [0.2, 0.25) is 0 Å². The fourth-order valence-electron chi connectivity index (χ4n) is 3.11. The van der Waals surface area contributed by atoms with Gasteiger partial charge in [-0.05, 0) is 12.0 Å². The van der Waals surface area contributed by atoms with Gasteiger partial charge in [0.2, 0.25) is 17.6 Å². The van der Waals surface area contributed by atoms with Gasteiger partial charge >= 0.3 is 0 Å². The number of likely N-dealkylation sites (tertiary alicyclic amines) is 1. The minimum Gasteiger partial charge on any atom is -0.348 e. The number of carbonyl (C=O) groups excluding carboxylic acids is 4. The lowest BCUT2D eigenvalue weighted by atomic mass is 10.1. The van der Waals surface area contributed by atoms with Gasteiger partial charge in [0.25, 0.3) is 5.91 Å². The molecule has 1 fully saturated rings. The molecular weight excluding hydrogens is 346 g/mol. The molecule has 7 heteroatoms. The van der Waals surface area contributed by atoms with E-state index in [1.54, 1.807) is 20.9 Å². The van der Waals surface area contributed by atoms with Crippen molar-refractivity contribution < 1.29 is 19.2 Å². The molecule has 0 bridgehead atoms. The van der Waals surface area contributed by atoms with Gasteiger partial charge in [0.05, 0.1) is 0 Å². The van der Waals surface area contributed by atoms with E-state index in [2.05, 4.69) is 5.32 Å². The zero-order valence-corrected chi connectivity index (χ0v) is 16.1. The third kappa shape index (κ3) is 5.39. The van der Waals surface area contributed by atoms with Gasteiger partial charge in [-0.25, -0.2) is 0 Å². The van der Waals surface area contributed by atoms with Gasteiger partial charge in [0, 0.05) is 39.0 Å². The predicted octanol–water partition coefficient (Wildman–Crippen LogP) is 0.977. The van der Waals surface area contributed by atoms with Crippen LogP contribution in [0.3, 0.4) is 0 Å².